The molecule has 0 unspecified atom stereocenters. The predicted octanol–water partition coefficient (Wildman–Crippen LogP) is 1.40. The van der Waals surface area contributed by atoms with Crippen molar-refractivity contribution < 1.29 is 4.42 Å². The van der Waals surface area contributed by atoms with E-state index in [-0.39, 0.29) is 5.76 Å². The Bertz CT molecular complexity index is 560. The molecule has 0 N–H and O–H groups in total. The van der Waals surface area contributed by atoms with Crippen molar-refractivity contribution in [3.63, 3.8) is 0 Å². The van der Waals surface area contributed by atoms with E-state index in [0.29, 0.717) is 24.2 Å². The van der Waals surface area contributed by atoms with Crippen molar-refractivity contribution in [3.8, 4) is 12.3 Å². The van der Waals surface area contributed by atoms with Gasteiger partial charge in [-0.2, -0.15) is 0 Å². The zero-order valence-corrected chi connectivity index (χ0v) is 8.14. The van der Waals surface area contributed by atoms with Crippen molar-refractivity contribution in [1.82, 2.24) is 9.55 Å². The Kier molecular flexibility index (Phi) is 2.55. The molecule has 0 aliphatic carbocycles. The molecule has 0 saturated heterocycles. The highest BCUT2D eigenvalue weighted by Gasteiger charge is 2.08. The van der Waals surface area contributed by atoms with Crippen LogP contribution in [0.3, 0.4) is 0 Å². The lowest BCUT2D eigenvalue weighted by Gasteiger charge is -1.97. The van der Waals surface area contributed by atoms with Crippen LogP contribution in [0.25, 0.3) is 11.2 Å². The highest BCUT2D eigenvalue weighted by atomic mass is 16.4. The molecule has 2 aromatic heterocycles. The Morgan fingerprint density at radius 3 is 3.27 bits per heavy atom. The molecule has 0 fully saturated rings. The number of oxazole rings is 1. The Labute approximate surface area is 86.5 Å². The first-order valence-electron chi connectivity index (χ1n) is 4.71. The minimum atomic E-state index is -0.374. The topological polar surface area (TPSA) is 48.0 Å². The SMILES string of the molecule is C#CCCCn1c(=O)oc2cccnc21. The molecular formula is C11H10N2O2. The summed E-state index contributed by atoms with van der Waals surface area (Å²) < 4.78 is 6.53. The van der Waals surface area contributed by atoms with E-state index >= 15 is 0 Å². The summed E-state index contributed by atoms with van der Waals surface area (Å²) in [5.74, 6) is 2.16. The lowest BCUT2D eigenvalue weighted by Crippen LogP contribution is -2.14. The van der Waals surface area contributed by atoms with Crippen LogP contribution in [-0.4, -0.2) is 9.55 Å². The maximum absolute atomic E-state index is 11.4. The van der Waals surface area contributed by atoms with Crippen molar-refractivity contribution in [2.75, 3.05) is 0 Å². The third kappa shape index (κ3) is 1.77. The third-order valence-electron chi connectivity index (χ3n) is 2.13. The van der Waals surface area contributed by atoms with Gasteiger partial charge in [0.1, 0.15) is 0 Å². The second-order valence-corrected chi connectivity index (χ2v) is 3.15. The summed E-state index contributed by atoms with van der Waals surface area (Å²) in [6, 6.07) is 3.46. The van der Waals surface area contributed by atoms with E-state index < -0.39 is 0 Å². The van der Waals surface area contributed by atoms with Gasteiger partial charge in [0.15, 0.2) is 11.2 Å². The first-order valence-corrected chi connectivity index (χ1v) is 4.71. The largest absolute Gasteiger partial charge is 0.421 e. The molecule has 0 saturated carbocycles. The third-order valence-corrected chi connectivity index (χ3v) is 2.13. The fraction of sp³-hybridized carbons (Fsp3) is 0.273. The molecule has 2 aromatic rings. The minimum absolute atomic E-state index is 0.374. The van der Waals surface area contributed by atoms with E-state index in [4.69, 9.17) is 10.8 Å². The summed E-state index contributed by atoms with van der Waals surface area (Å²) in [5.41, 5.74) is 1.10. The summed E-state index contributed by atoms with van der Waals surface area (Å²) in [5, 5.41) is 0. The molecule has 0 atom stereocenters. The molecule has 0 aliphatic heterocycles. The van der Waals surface area contributed by atoms with Crippen LogP contribution in [0.15, 0.2) is 27.5 Å². The number of fused-ring (bicyclic) bond motifs is 1. The van der Waals surface area contributed by atoms with Crippen LogP contribution in [0.1, 0.15) is 12.8 Å². The molecule has 15 heavy (non-hydrogen) atoms. The van der Waals surface area contributed by atoms with Crippen LogP contribution in [0, 0.1) is 12.3 Å². The molecule has 0 radical (unpaired) electrons. The second-order valence-electron chi connectivity index (χ2n) is 3.15. The van der Waals surface area contributed by atoms with Gasteiger partial charge in [0.25, 0.3) is 0 Å². The zero-order chi connectivity index (χ0) is 10.7. The molecular weight excluding hydrogens is 192 g/mol. The molecule has 2 rings (SSSR count). The maximum Gasteiger partial charge on any atom is 0.421 e. The van der Waals surface area contributed by atoms with Gasteiger partial charge >= 0.3 is 5.76 Å². The predicted molar refractivity (Wildman–Crippen MR) is 56.3 cm³/mol. The summed E-state index contributed by atoms with van der Waals surface area (Å²) in [6.07, 6.45) is 8.17. The van der Waals surface area contributed by atoms with E-state index in [9.17, 15) is 4.79 Å². The van der Waals surface area contributed by atoms with Crippen LogP contribution in [0.4, 0.5) is 0 Å². The standard InChI is InChI=1S/C11H10N2O2/c1-2-3-4-8-13-10-9(15-11(13)14)6-5-7-12-10/h1,5-7H,3-4,8H2. The van der Waals surface area contributed by atoms with Crippen LogP contribution in [0.5, 0.6) is 0 Å². The summed E-state index contributed by atoms with van der Waals surface area (Å²) in [4.78, 5) is 15.5. The molecule has 0 amide bonds. The number of rotatable bonds is 3. The van der Waals surface area contributed by atoms with Gasteiger partial charge in [-0.05, 0) is 18.6 Å². The number of hydrogen-bond acceptors (Lipinski definition) is 3. The number of aromatic nitrogens is 2. The number of pyridine rings is 1. The van der Waals surface area contributed by atoms with Gasteiger partial charge in [0.2, 0.25) is 0 Å². The first kappa shape index (κ1) is 9.53. The molecule has 2 heterocycles. The highest BCUT2D eigenvalue weighted by Crippen LogP contribution is 2.09. The lowest BCUT2D eigenvalue weighted by atomic mass is 10.3. The minimum Gasteiger partial charge on any atom is -0.406 e. The average Bonchev–Trinajstić information content (AvgIpc) is 2.56. The Balaban J connectivity index is 2.38. The fourth-order valence-electron chi connectivity index (χ4n) is 1.44. The summed E-state index contributed by atoms with van der Waals surface area (Å²) in [7, 11) is 0. The molecule has 0 bridgehead atoms. The maximum atomic E-state index is 11.4. The smallest absolute Gasteiger partial charge is 0.406 e. The Morgan fingerprint density at radius 1 is 1.60 bits per heavy atom. The van der Waals surface area contributed by atoms with E-state index in [0.717, 1.165) is 6.42 Å². The van der Waals surface area contributed by atoms with Crippen LogP contribution < -0.4 is 5.76 Å². The number of hydrogen-bond donors (Lipinski definition) is 0. The fourth-order valence-corrected chi connectivity index (χ4v) is 1.44. The van der Waals surface area contributed by atoms with Gasteiger partial charge in [-0.25, -0.2) is 9.78 Å². The van der Waals surface area contributed by atoms with Gasteiger partial charge in [0.05, 0.1) is 0 Å². The number of unbranched alkanes of at least 4 members (excludes halogenated alkanes) is 1. The van der Waals surface area contributed by atoms with Gasteiger partial charge in [-0.1, -0.05) is 0 Å². The zero-order valence-electron chi connectivity index (χ0n) is 8.14. The molecule has 0 aromatic carbocycles. The molecule has 76 valence electrons. The first-order chi connectivity index (χ1) is 7.33. The lowest BCUT2D eigenvalue weighted by molar-refractivity contribution is 0.499. The number of aryl methyl sites for hydroxylation is 1. The Hall–Kier alpha value is -2.02. The van der Waals surface area contributed by atoms with E-state index in [1.807, 2.05) is 0 Å². The van der Waals surface area contributed by atoms with E-state index in [1.165, 1.54) is 4.57 Å². The van der Waals surface area contributed by atoms with Crippen molar-refractivity contribution in [2.24, 2.45) is 0 Å². The molecule has 0 aliphatic rings. The van der Waals surface area contributed by atoms with Gasteiger partial charge in [0, 0.05) is 19.2 Å². The van der Waals surface area contributed by atoms with Crippen molar-refractivity contribution in [2.45, 2.75) is 19.4 Å². The van der Waals surface area contributed by atoms with Crippen LogP contribution in [-0.2, 0) is 6.54 Å². The van der Waals surface area contributed by atoms with E-state index in [2.05, 4.69) is 10.9 Å². The highest BCUT2D eigenvalue weighted by molar-refractivity contribution is 5.67. The molecule has 4 heteroatoms. The number of terminal acetylenes is 1. The van der Waals surface area contributed by atoms with Crippen LogP contribution >= 0.6 is 0 Å². The van der Waals surface area contributed by atoms with Crippen LogP contribution in [0.2, 0.25) is 0 Å². The quantitative estimate of drug-likeness (QED) is 0.558. The normalized spacial score (nSPS) is 10.3. The van der Waals surface area contributed by atoms with Gasteiger partial charge in [-0.15, -0.1) is 12.3 Å². The summed E-state index contributed by atoms with van der Waals surface area (Å²) >= 11 is 0. The number of nitrogens with zero attached hydrogens (tertiary/aromatic N) is 2. The molecule has 4 nitrogen and oxygen atoms in total. The molecule has 0 spiro atoms. The van der Waals surface area contributed by atoms with Gasteiger partial charge < -0.3 is 4.42 Å². The monoisotopic (exact) mass is 202 g/mol. The van der Waals surface area contributed by atoms with Crippen molar-refractivity contribution >= 4 is 11.2 Å². The second kappa shape index (κ2) is 4.01. The van der Waals surface area contributed by atoms with Gasteiger partial charge in [-0.3, -0.25) is 4.57 Å². The van der Waals surface area contributed by atoms with Crippen molar-refractivity contribution in [1.29, 1.82) is 0 Å². The van der Waals surface area contributed by atoms with Crippen molar-refractivity contribution in [3.05, 3.63) is 28.9 Å². The van der Waals surface area contributed by atoms with E-state index in [1.54, 1.807) is 18.3 Å². The average molecular weight is 202 g/mol. The Morgan fingerprint density at radius 2 is 2.47 bits per heavy atom. The summed E-state index contributed by atoms with van der Waals surface area (Å²) in [6.45, 7) is 0.549.